The highest BCUT2D eigenvalue weighted by atomic mass is 35.5. The molecule has 0 spiro atoms. The Morgan fingerprint density at radius 2 is 2.29 bits per heavy atom. The van der Waals surface area contributed by atoms with Crippen molar-refractivity contribution < 1.29 is 14.7 Å². The van der Waals surface area contributed by atoms with Crippen LogP contribution in [-0.4, -0.2) is 23.1 Å². The zero-order chi connectivity index (χ0) is 12.4. The number of rotatable bonds is 2. The fourth-order valence-electron chi connectivity index (χ4n) is 1.48. The van der Waals surface area contributed by atoms with E-state index in [1.165, 1.54) is 25.4 Å². The molecule has 0 unspecified atom stereocenters. The second-order valence-corrected chi connectivity index (χ2v) is 3.72. The number of aromatic nitrogens is 1. The molecule has 6 heteroatoms. The number of benzene rings is 1. The van der Waals surface area contributed by atoms with E-state index in [9.17, 15) is 9.90 Å². The summed E-state index contributed by atoms with van der Waals surface area (Å²) in [7, 11) is 1.31. The van der Waals surface area contributed by atoms with Crippen molar-refractivity contribution in [2.24, 2.45) is 0 Å². The first-order chi connectivity index (χ1) is 8.13. The number of hydrogen-bond donors (Lipinski definition) is 2. The lowest BCUT2D eigenvalue weighted by Crippen LogP contribution is -2.21. The van der Waals surface area contributed by atoms with Gasteiger partial charge in [0, 0.05) is 17.6 Å². The summed E-state index contributed by atoms with van der Waals surface area (Å²) in [5.74, 6) is -0.728. The Labute approximate surface area is 102 Å². The second kappa shape index (κ2) is 4.57. The van der Waals surface area contributed by atoms with Gasteiger partial charge < -0.3 is 5.11 Å². The van der Waals surface area contributed by atoms with Crippen LogP contribution in [0.4, 0.5) is 0 Å². The maximum Gasteiger partial charge on any atom is 0.278 e. The van der Waals surface area contributed by atoms with E-state index >= 15 is 0 Å². The molecule has 17 heavy (non-hydrogen) atoms. The Hall–Kier alpha value is -1.85. The van der Waals surface area contributed by atoms with Gasteiger partial charge in [0.15, 0.2) is 0 Å². The topological polar surface area (TPSA) is 71.5 Å². The van der Waals surface area contributed by atoms with E-state index in [0.717, 1.165) is 0 Å². The SMILES string of the molecule is CONC(=O)c1cc2c(Cl)ccnc2cc1O. The second-order valence-electron chi connectivity index (χ2n) is 3.31. The molecule has 1 aromatic heterocycles. The lowest BCUT2D eigenvalue weighted by molar-refractivity contribution is 0.0535. The number of amides is 1. The zero-order valence-electron chi connectivity index (χ0n) is 8.90. The summed E-state index contributed by atoms with van der Waals surface area (Å²) >= 11 is 5.98. The van der Waals surface area contributed by atoms with E-state index in [1.807, 2.05) is 0 Å². The van der Waals surface area contributed by atoms with Gasteiger partial charge in [0.05, 0.1) is 23.2 Å². The molecule has 0 aliphatic carbocycles. The monoisotopic (exact) mass is 252 g/mol. The largest absolute Gasteiger partial charge is 0.507 e. The number of aromatic hydroxyl groups is 1. The predicted molar refractivity (Wildman–Crippen MR) is 62.9 cm³/mol. The first kappa shape index (κ1) is 11.6. The quantitative estimate of drug-likeness (QED) is 0.801. The van der Waals surface area contributed by atoms with Crippen molar-refractivity contribution in [3.05, 3.63) is 35.0 Å². The molecule has 0 bridgehead atoms. The fourth-order valence-corrected chi connectivity index (χ4v) is 1.69. The number of carbonyl (C=O) groups is 1. The van der Waals surface area contributed by atoms with Crippen LogP contribution < -0.4 is 5.48 Å². The van der Waals surface area contributed by atoms with Crippen LogP contribution >= 0.6 is 11.6 Å². The van der Waals surface area contributed by atoms with E-state index in [1.54, 1.807) is 6.07 Å². The highest BCUT2D eigenvalue weighted by Crippen LogP contribution is 2.28. The van der Waals surface area contributed by atoms with E-state index < -0.39 is 5.91 Å². The summed E-state index contributed by atoms with van der Waals surface area (Å²) in [6, 6.07) is 4.46. The Morgan fingerprint density at radius 3 is 3.00 bits per heavy atom. The number of hydroxylamine groups is 1. The third kappa shape index (κ3) is 2.15. The molecule has 0 radical (unpaired) electrons. The minimum Gasteiger partial charge on any atom is -0.507 e. The van der Waals surface area contributed by atoms with E-state index in [2.05, 4.69) is 15.3 Å². The summed E-state index contributed by atoms with van der Waals surface area (Å²) in [5.41, 5.74) is 2.72. The number of hydrogen-bond acceptors (Lipinski definition) is 4. The van der Waals surface area contributed by atoms with Gasteiger partial charge in [-0.25, -0.2) is 5.48 Å². The molecular weight excluding hydrogens is 244 g/mol. The van der Waals surface area contributed by atoms with Crippen molar-refractivity contribution in [2.45, 2.75) is 0 Å². The Kier molecular flexibility index (Phi) is 3.12. The molecule has 2 rings (SSSR count). The molecule has 5 nitrogen and oxygen atoms in total. The Morgan fingerprint density at radius 1 is 1.53 bits per heavy atom. The van der Waals surface area contributed by atoms with Crippen LogP contribution in [0, 0.1) is 0 Å². The van der Waals surface area contributed by atoms with Crippen molar-refractivity contribution in [1.29, 1.82) is 0 Å². The molecule has 0 saturated carbocycles. The number of nitrogens with zero attached hydrogens (tertiary/aromatic N) is 1. The van der Waals surface area contributed by atoms with Crippen LogP contribution in [0.25, 0.3) is 10.9 Å². The van der Waals surface area contributed by atoms with Crippen molar-refractivity contribution >= 4 is 28.4 Å². The van der Waals surface area contributed by atoms with Gasteiger partial charge in [-0.2, -0.15) is 0 Å². The normalized spacial score (nSPS) is 10.5. The summed E-state index contributed by atoms with van der Waals surface area (Å²) in [6.45, 7) is 0. The standard InChI is InChI=1S/C11H9ClN2O3/c1-17-14-11(16)7-4-6-8(12)2-3-13-9(6)5-10(7)15/h2-5,15H,1H3,(H,14,16). The molecular formula is C11H9ClN2O3. The molecule has 2 aromatic rings. The van der Waals surface area contributed by atoms with Gasteiger partial charge in [-0.15, -0.1) is 0 Å². The van der Waals surface area contributed by atoms with Crippen LogP contribution in [-0.2, 0) is 4.84 Å². The molecule has 0 fully saturated rings. The number of carbonyl (C=O) groups excluding carboxylic acids is 1. The van der Waals surface area contributed by atoms with Gasteiger partial charge in [0.1, 0.15) is 5.75 Å². The molecule has 1 amide bonds. The molecule has 0 atom stereocenters. The minimum absolute atomic E-state index is 0.0780. The Balaban J connectivity index is 2.61. The highest BCUT2D eigenvalue weighted by Gasteiger charge is 2.13. The van der Waals surface area contributed by atoms with Gasteiger partial charge in [-0.1, -0.05) is 11.6 Å². The van der Waals surface area contributed by atoms with Crippen molar-refractivity contribution in [1.82, 2.24) is 10.5 Å². The maximum absolute atomic E-state index is 11.6. The van der Waals surface area contributed by atoms with Gasteiger partial charge in [-0.05, 0) is 12.1 Å². The maximum atomic E-state index is 11.6. The van der Waals surface area contributed by atoms with E-state index in [0.29, 0.717) is 15.9 Å². The molecule has 1 heterocycles. The van der Waals surface area contributed by atoms with E-state index in [-0.39, 0.29) is 11.3 Å². The van der Waals surface area contributed by atoms with Crippen LogP contribution in [0.2, 0.25) is 5.02 Å². The minimum atomic E-state index is -0.549. The average molecular weight is 253 g/mol. The molecule has 1 aromatic carbocycles. The van der Waals surface area contributed by atoms with Crippen LogP contribution in [0.1, 0.15) is 10.4 Å². The molecule has 0 saturated heterocycles. The first-order valence-electron chi connectivity index (χ1n) is 4.74. The number of nitrogens with one attached hydrogen (secondary N) is 1. The fraction of sp³-hybridized carbons (Fsp3) is 0.0909. The van der Waals surface area contributed by atoms with Crippen LogP contribution in [0.5, 0.6) is 5.75 Å². The summed E-state index contributed by atoms with van der Waals surface area (Å²) < 4.78 is 0. The number of phenolic OH excluding ortho intramolecular Hbond substituents is 1. The molecule has 2 N–H and O–H groups in total. The summed E-state index contributed by atoms with van der Waals surface area (Å²) in [6.07, 6.45) is 1.53. The van der Waals surface area contributed by atoms with Crippen molar-refractivity contribution in [3.8, 4) is 5.75 Å². The van der Waals surface area contributed by atoms with Gasteiger partial charge in [-0.3, -0.25) is 14.6 Å². The predicted octanol–water partition coefficient (Wildman–Crippen LogP) is 1.89. The average Bonchev–Trinajstić information content (AvgIpc) is 2.29. The summed E-state index contributed by atoms with van der Waals surface area (Å²) in [4.78, 5) is 20.1. The van der Waals surface area contributed by atoms with Gasteiger partial charge >= 0.3 is 0 Å². The van der Waals surface area contributed by atoms with Crippen molar-refractivity contribution in [2.75, 3.05) is 7.11 Å². The smallest absolute Gasteiger partial charge is 0.278 e. The lowest BCUT2D eigenvalue weighted by Gasteiger charge is -2.07. The number of pyridine rings is 1. The molecule has 88 valence electrons. The molecule has 0 aliphatic heterocycles. The molecule has 0 aliphatic rings. The number of halogens is 1. The van der Waals surface area contributed by atoms with Crippen molar-refractivity contribution in [3.63, 3.8) is 0 Å². The third-order valence-electron chi connectivity index (χ3n) is 2.25. The Bertz CT molecular complexity index is 586. The number of phenols is 1. The van der Waals surface area contributed by atoms with Crippen LogP contribution in [0.15, 0.2) is 24.4 Å². The number of fused-ring (bicyclic) bond motifs is 1. The van der Waals surface area contributed by atoms with Gasteiger partial charge in [0.25, 0.3) is 5.91 Å². The van der Waals surface area contributed by atoms with Crippen LogP contribution in [0.3, 0.4) is 0 Å². The lowest BCUT2D eigenvalue weighted by atomic mass is 10.1. The first-order valence-corrected chi connectivity index (χ1v) is 5.12. The zero-order valence-corrected chi connectivity index (χ0v) is 9.65. The summed E-state index contributed by atoms with van der Waals surface area (Å²) in [5, 5.41) is 10.7. The van der Waals surface area contributed by atoms with Gasteiger partial charge in [0.2, 0.25) is 0 Å². The third-order valence-corrected chi connectivity index (χ3v) is 2.57. The van der Waals surface area contributed by atoms with E-state index in [4.69, 9.17) is 11.6 Å². The highest BCUT2D eigenvalue weighted by molar-refractivity contribution is 6.35.